The number of hydrogen-bond donors (Lipinski definition) is 2. The smallest absolute Gasteiger partial charge is 0.168 e. The molecule has 1 aromatic carbocycles. The van der Waals surface area contributed by atoms with Crippen LogP contribution in [-0.4, -0.2) is 22.5 Å². The van der Waals surface area contributed by atoms with Crippen molar-refractivity contribution in [1.82, 2.24) is 0 Å². The molecule has 0 amide bonds. The van der Waals surface area contributed by atoms with E-state index in [1.165, 1.54) is 12.1 Å². The molecule has 0 bridgehead atoms. The van der Waals surface area contributed by atoms with Gasteiger partial charge in [-0.25, -0.2) is 0 Å². The molecule has 0 saturated carbocycles. The molecule has 0 heterocycles. The van der Waals surface area contributed by atoms with E-state index in [4.69, 9.17) is 15.7 Å². The molecule has 1 aromatic rings. The van der Waals surface area contributed by atoms with Crippen molar-refractivity contribution in [2.75, 3.05) is 6.54 Å². The normalized spacial score (nSPS) is 9.14. The summed E-state index contributed by atoms with van der Waals surface area (Å²) >= 11 is 0. The van der Waals surface area contributed by atoms with Gasteiger partial charge in [-0.05, 0) is 23.7 Å². The van der Waals surface area contributed by atoms with Gasteiger partial charge in [-0.3, -0.25) is 4.79 Å². The Hall–Kier alpha value is -2.20. The molecule has 2 N–H and O–H groups in total. The number of carbonyl (C=O) groups excluding carboxylic acids is 1. The van der Waals surface area contributed by atoms with Gasteiger partial charge in [0.1, 0.15) is 0 Å². The highest BCUT2D eigenvalue weighted by molar-refractivity contribution is 5.98. The summed E-state index contributed by atoms with van der Waals surface area (Å²) in [6.45, 7) is -0.305. The van der Waals surface area contributed by atoms with Gasteiger partial charge >= 0.3 is 0 Å². The maximum atomic E-state index is 11.2. The lowest BCUT2D eigenvalue weighted by molar-refractivity contribution is 0.100. The van der Waals surface area contributed by atoms with E-state index < -0.39 is 5.78 Å². The van der Waals surface area contributed by atoms with Crippen molar-refractivity contribution in [3.8, 4) is 11.5 Å². The van der Waals surface area contributed by atoms with Crippen molar-refractivity contribution in [3.63, 3.8) is 0 Å². The highest BCUT2D eigenvalue weighted by Crippen LogP contribution is 2.24. The van der Waals surface area contributed by atoms with Crippen molar-refractivity contribution < 1.29 is 15.0 Å². The number of nitrogens with zero attached hydrogens (tertiary/aromatic N) is 3. The lowest BCUT2D eigenvalue weighted by Crippen LogP contribution is -2.01. The molecule has 0 atom stereocenters. The summed E-state index contributed by atoms with van der Waals surface area (Å²) in [7, 11) is 0. The van der Waals surface area contributed by atoms with Gasteiger partial charge in [-0.1, -0.05) is 5.11 Å². The van der Waals surface area contributed by atoms with Crippen LogP contribution in [0.5, 0.6) is 11.5 Å². The first-order chi connectivity index (χ1) is 6.65. The number of Topliss-reactive ketones (excluding diaryl/α,β-unsaturated/α-hetero) is 1. The molecular weight excluding hydrogens is 186 g/mol. The predicted octanol–water partition coefficient (Wildman–Crippen LogP) is 1.59. The monoisotopic (exact) mass is 193 g/mol. The molecule has 6 nitrogen and oxygen atoms in total. The van der Waals surface area contributed by atoms with Crippen LogP contribution in [0.3, 0.4) is 0 Å². The predicted molar refractivity (Wildman–Crippen MR) is 48.1 cm³/mol. The van der Waals surface area contributed by atoms with Crippen LogP contribution in [0, 0.1) is 0 Å². The van der Waals surface area contributed by atoms with E-state index in [0.717, 1.165) is 6.07 Å². The Morgan fingerprint density at radius 1 is 1.43 bits per heavy atom. The number of carbonyl (C=O) groups is 1. The number of aromatic hydroxyl groups is 2. The molecule has 72 valence electrons. The van der Waals surface area contributed by atoms with Crippen molar-refractivity contribution in [2.45, 2.75) is 0 Å². The summed E-state index contributed by atoms with van der Waals surface area (Å²) in [6.07, 6.45) is 0. The Balaban J connectivity index is 2.91. The Labute approximate surface area is 79.0 Å². The van der Waals surface area contributed by atoms with Crippen molar-refractivity contribution >= 4 is 5.78 Å². The van der Waals surface area contributed by atoms with E-state index in [2.05, 4.69) is 10.0 Å². The number of rotatable bonds is 3. The zero-order valence-electron chi connectivity index (χ0n) is 7.08. The maximum Gasteiger partial charge on any atom is 0.168 e. The second-order valence-electron chi connectivity index (χ2n) is 2.52. The zero-order chi connectivity index (χ0) is 10.6. The van der Waals surface area contributed by atoms with E-state index in [1.54, 1.807) is 0 Å². The summed E-state index contributed by atoms with van der Waals surface area (Å²) in [6, 6.07) is 3.65. The van der Waals surface area contributed by atoms with E-state index >= 15 is 0 Å². The van der Waals surface area contributed by atoms with Gasteiger partial charge in [0.05, 0.1) is 6.54 Å². The number of hydrogen-bond acceptors (Lipinski definition) is 4. The number of benzene rings is 1. The summed E-state index contributed by atoms with van der Waals surface area (Å²) in [5.74, 6) is -1.10. The molecule has 0 fully saturated rings. The largest absolute Gasteiger partial charge is 0.504 e. The third-order valence-corrected chi connectivity index (χ3v) is 1.57. The molecule has 6 heteroatoms. The lowest BCUT2D eigenvalue weighted by atomic mass is 10.1. The van der Waals surface area contributed by atoms with Gasteiger partial charge in [-0.15, -0.1) is 0 Å². The average Bonchev–Trinajstić information content (AvgIpc) is 2.18. The zero-order valence-corrected chi connectivity index (χ0v) is 7.08. The van der Waals surface area contributed by atoms with Crippen LogP contribution in [-0.2, 0) is 0 Å². The standard InChI is InChI=1S/C8H7N3O3/c9-11-10-4-8(14)5-1-2-6(12)7(13)3-5/h1-3,12-13H,4H2. The Morgan fingerprint density at radius 3 is 2.71 bits per heavy atom. The fraction of sp³-hybridized carbons (Fsp3) is 0.125. The average molecular weight is 193 g/mol. The SMILES string of the molecule is [N-]=[N+]=NCC(=O)c1ccc(O)c(O)c1. The summed E-state index contributed by atoms with van der Waals surface area (Å²) in [4.78, 5) is 13.6. The van der Waals surface area contributed by atoms with E-state index in [1.807, 2.05) is 0 Å². The first kappa shape index (κ1) is 9.88. The maximum absolute atomic E-state index is 11.2. The molecule has 0 aromatic heterocycles. The highest BCUT2D eigenvalue weighted by atomic mass is 16.3. The third-order valence-electron chi connectivity index (χ3n) is 1.57. The minimum absolute atomic E-state index is 0.188. The lowest BCUT2D eigenvalue weighted by Gasteiger charge is -2.00. The molecule has 0 aliphatic heterocycles. The molecule has 0 spiro atoms. The second kappa shape index (κ2) is 4.15. The second-order valence-corrected chi connectivity index (χ2v) is 2.52. The number of phenolic OH excluding ortho intramolecular Hbond substituents is 2. The van der Waals surface area contributed by atoms with Crippen LogP contribution in [0.4, 0.5) is 0 Å². The van der Waals surface area contributed by atoms with Gasteiger partial charge in [0.25, 0.3) is 0 Å². The van der Waals surface area contributed by atoms with Gasteiger partial charge in [0.15, 0.2) is 17.3 Å². The van der Waals surface area contributed by atoms with Crippen molar-refractivity contribution in [3.05, 3.63) is 34.2 Å². The van der Waals surface area contributed by atoms with Gasteiger partial charge in [-0.2, -0.15) is 0 Å². The minimum Gasteiger partial charge on any atom is -0.504 e. The first-order valence-electron chi connectivity index (χ1n) is 3.71. The quantitative estimate of drug-likeness (QED) is 0.250. The van der Waals surface area contributed by atoms with Crippen molar-refractivity contribution in [2.24, 2.45) is 5.11 Å². The summed E-state index contributed by atoms with van der Waals surface area (Å²) in [5, 5.41) is 21.1. The topological polar surface area (TPSA) is 106 Å². The Morgan fingerprint density at radius 2 is 2.14 bits per heavy atom. The summed E-state index contributed by atoms with van der Waals surface area (Å²) < 4.78 is 0. The molecule has 0 aliphatic rings. The number of ketones is 1. The summed E-state index contributed by atoms with van der Waals surface area (Å²) in [5.41, 5.74) is 8.17. The van der Waals surface area contributed by atoms with Gasteiger partial charge < -0.3 is 10.2 Å². The van der Waals surface area contributed by atoms with Crippen LogP contribution >= 0.6 is 0 Å². The van der Waals surface area contributed by atoms with E-state index in [-0.39, 0.29) is 23.6 Å². The van der Waals surface area contributed by atoms with Crippen LogP contribution in [0.25, 0.3) is 10.4 Å². The minimum atomic E-state index is -0.418. The molecule has 0 radical (unpaired) electrons. The molecule has 14 heavy (non-hydrogen) atoms. The molecule has 0 aliphatic carbocycles. The highest BCUT2D eigenvalue weighted by Gasteiger charge is 2.07. The van der Waals surface area contributed by atoms with Crippen LogP contribution in [0.1, 0.15) is 10.4 Å². The Kier molecular flexibility index (Phi) is 2.93. The number of phenols is 2. The molecule has 1 rings (SSSR count). The van der Waals surface area contributed by atoms with Crippen LogP contribution in [0.15, 0.2) is 23.3 Å². The van der Waals surface area contributed by atoms with E-state index in [9.17, 15) is 4.79 Å². The fourth-order valence-electron chi connectivity index (χ4n) is 0.884. The first-order valence-corrected chi connectivity index (χ1v) is 3.71. The van der Waals surface area contributed by atoms with Gasteiger partial charge in [0.2, 0.25) is 0 Å². The van der Waals surface area contributed by atoms with E-state index in [0.29, 0.717) is 0 Å². The molecule has 0 unspecified atom stereocenters. The van der Waals surface area contributed by atoms with Crippen molar-refractivity contribution in [1.29, 1.82) is 0 Å². The third kappa shape index (κ3) is 2.15. The molecular formula is C8H7N3O3. The molecule has 0 saturated heterocycles. The van der Waals surface area contributed by atoms with Crippen LogP contribution in [0.2, 0.25) is 0 Å². The fourth-order valence-corrected chi connectivity index (χ4v) is 0.884. The van der Waals surface area contributed by atoms with Gasteiger partial charge in [0, 0.05) is 10.5 Å². The number of azide groups is 1. The van der Waals surface area contributed by atoms with Crippen LogP contribution < -0.4 is 0 Å². The Bertz CT molecular complexity index is 410.